The Morgan fingerprint density at radius 3 is 2.47 bits per heavy atom. The van der Waals surface area contributed by atoms with E-state index in [1.165, 1.54) is 32.1 Å². The number of nitrogens with zero attached hydrogens (tertiary/aromatic N) is 3. The molecule has 4 heteroatoms. The van der Waals surface area contributed by atoms with Gasteiger partial charge in [0.05, 0.1) is 6.04 Å². The molecule has 1 atom stereocenters. The molecule has 1 saturated carbocycles. The van der Waals surface area contributed by atoms with Gasteiger partial charge in [0, 0.05) is 7.05 Å². The largest absolute Gasteiger partial charge is 0.321 e. The Hall–Kier alpha value is -0.900. The van der Waals surface area contributed by atoms with Crippen molar-refractivity contribution in [2.45, 2.75) is 45.1 Å². The molecule has 0 amide bonds. The summed E-state index contributed by atoms with van der Waals surface area (Å²) in [4.78, 5) is 0. The van der Waals surface area contributed by atoms with Crippen LogP contribution in [0.4, 0.5) is 0 Å². The first-order valence-electron chi connectivity index (χ1n) is 5.81. The molecule has 0 bridgehead atoms. The molecule has 1 aromatic rings. The quantitative estimate of drug-likeness (QED) is 0.805. The molecule has 0 spiro atoms. The Bertz CT molecular complexity index is 325. The molecule has 4 nitrogen and oxygen atoms in total. The fraction of sp³-hybridized carbons (Fsp3) is 0.818. The smallest absolute Gasteiger partial charge is 0.149 e. The minimum atomic E-state index is 0.0662. The fourth-order valence-electron chi connectivity index (χ4n) is 2.42. The van der Waals surface area contributed by atoms with Crippen molar-refractivity contribution in [1.82, 2.24) is 14.8 Å². The molecule has 1 unspecified atom stereocenters. The van der Waals surface area contributed by atoms with Crippen LogP contribution in [0.2, 0.25) is 0 Å². The van der Waals surface area contributed by atoms with E-state index >= 15 is 0 Å². The minimum Gasteiger partial charge on any atom is -0.321 e. The normalized spacial score (nSPS) is 20.5. The van der Waals surface area contributed by atoms with Crippen LogP contribution in [0.1, 0.15) is 49.8 Å². The molecular formula is C11H20N4. The van der Waals surface area contributed by atoms with E-state index in [9.17, 15) is 0 Å². The van der Waals surface area contributed by atoms with Crippen molar-refractivity contribution in [1.29, 1.82) is 0 Å². The van der Waals surface area contributed by atoms with Crippen LogP contribution >= 0.6 is 0 Å². The molecule has 15 heavy (non-hydrogen) atoms. The third kappa shape index (κ3) is 2.04. The summed E-state index contributed by atoms with van der Waals surface area (Å²) in [7, 11) is 1.99. The monoisotopic (exact) mass is 208 g/mol. The van der Waals surface area contributed by atoms with Crippen molar-refractivity contribution < 1.29 is 0 Å². The number of aryl methyl sites for hydroxylation is 1. The van der Waals surface area contributed by atoms with Crippen molar-refractivity contribution in [3.8, 4) is 0 Å². The van der Waals surface area contributed by atoms with Crippen LogP contribution < -0.4 is 5.73 Å². The van der Waals surface area contributed by atoms with E-state index in [2.05, 4.69) is 10.2 Å². The van der Waals surface area contributed by atoms with Gasteiger partial charge >= 0.3 is 0 Å². The van der Waals surface area contributed by atoms with Gasteiger partial charge in [-0.3, -0.25) is 0 Å². The molecule has 1 fully saturated rings. The van der Waals surface area contributed by atoms with Gasteiger partial charge in [0.1, 0.15) is 11.6 Å². The molecule has 0 radical (unpaired) electrons. The number of rotatable bonds is 2. The Kier molecular flexibility index (Phi) is 3.05. The predicted molar refractivity (Wildman–Crippen MR) is 59.2 cm³/mol. The van der Waals surface area contributed by atoms with Gasteiger partial charge < -0.3 is 10.3 Å². The number of aromatic nitrogens is 3. The third-order valence-electron chi connectivity index (χ3n) is 3.58. The lowest BCUT2D eigenvalue weighted by Crippen LogP contribution is -2.26. The van der Waals surface area contributed by atoms with Gasteiger partial charge in [0.25, 0.3) is 0 Å². The Morgan fingerprint density at radius 1 is 1.27 bits per heavy atom. The molecule has 0 aromatic carbocycles. The number of nitrogens with two attached hydrogens (primary N) is 1. The zero-order valence-corrected chi connectivity index (χ0v) is 9.61. The van der Waals surface area contributed by atoms with Crippen molar-refractivity contribution in [2.75, 3.05) is 0 Å². The van der Waals surface area contributed by atoms with Gasteiger partial charge in [-0.15, -0.1) is 10.2 Å². The van der Waals surface area contributed by atoms with Crippen LogP contribution in [0, 0.1) is 12.8 Å². The summed E-state index contributed by atoms with van der Waals surface area (Å²) in [6.07, 6.45) is 6.48. The van der Waals surface area contributed by atoms with Crippen molar-refractivity contribution in [3.05, 3.63) is 11.6 Å². The molecule has 1 aliphatic carbocycles. The van der Waals surface area contributed by atoms with Gasteiger partial charge in [-0.2, -0.15) is 0 Å². The zero-order chi connectivity index (χ0) is 10.8. The highest BCUT2D eigenvalue weighted by Crippen LogP contribution is 2.31. The second kappa shape index (κ2) is 4.31. The first kappa shape index (κ1) is 10.6. The molecule has 1 aliphatic rings. The highest BCUT2D eigenvalue weighted by atomic mass is 15.3. The predicted octanol–water partition coefficient (Wildman–Crippen LogP) is 1.70. The van der Waals surface area contributed by atoms with Crippen LogP contribution in [0.5, 0.6) is 0 Å². The highest BCUT2D eigenvalue weighted by molar-refractivity contribution is 5.00. The first-order chi connectivity index (χ1) is 7.20. The van der Waals surface area contributed by atoms with Gasteiger partial charge in [-0.1, -0.05) is 19.3 Å². The van der Waals surface area contributed by atoms with Crippen LogP contribution in [0.25, 0.3) is 0 Å². The lowest BCUT2D eigenvalue weighted by atomic mass is 9.84. The van der Waals surface area contributed by atoms with E-state index in [-0.39, 0.29) is 6.04 Å². The molecule has 2 rings (SSSR count). The molecular weight excluding hydrogens is 188 g/mol. The number of hydrogen-bond donors (Lipinski definition) is 1. The average Bonchev–Trinajstić information content (AvgIpc) is 2.60. The minimum absolute atomic E-state index is 0.0662. The average molecular weight is 208 g/mol. The molecule has 0 aliphatic heterocycles. The third-order valence-corrected chi connectivity index (χ3v) is 3.58. The second-order valence-corrected chi connectivity index (χ2v) is 4.59. The molecule has 1 heterocycles. The summed E-state index contributed by atoms with van der Waals surface area (Å²) >= 11 is 0. The summed E-state index contributed by atoms with van der Waals surface area (Å²) in [5, 5.41) is 8.24. The SMILES string of the molecule is Cc1nnc(C(N)C2CCCCC2)n1C. The molecule has 0 saturated heterocycles. The van der Waals surface area contributed by atoms with Crippen LogP contribution in [-0.4, -0.2) is 14.8 Å². The summed E-state index contributed by atoms with van der Waals surface area (Å²) in [6.45, 7) is 1.96. The summed E-state index contributed by atoms with van der Waals surface area (Å²) < 4.78 is 2.01. The summed E-state index contributed by atoms with van der Waals surface area (Å²) in [6, 6.07) is 0.0662. The Balaban J connectivity index is 2.12. The van der Waals surface area contributed by atoms with E-state index in [1.807, 2.05) is 18.5 Å². The maximum Gasteiger partial charge on any atom is 0.149 e. The molecule has 2 N–H and O–H groups in total. The molecule has 84 valence electrons. The fourth-order valence-corrected chi connectivity index (χ4v) is 2.42. The zero-order valence-electron chi connectivity index (χ0n) is 9.61. The maximum absolute atomic E-state index is 6.26. The van der Waals surface area contributed by atoms with Crippen molar-refractivity contribution >= 4 is 0 Å². The Labute approximate surface area is 90.9 Å². The standard InChI is InChI=1S/C11H20N4/c1-8-13-14-11(15(8)2)10(12)9-6-4-3-5-7-9/h9-10H,3-7,12H2,1-2H3. The van der Waals surface area contributed by atoms with E-state index in [4.69, 9.17) is 5.73 Å². The van der Waals surface area contributed by atoms with Gasteiger partial charge in [-0.25, -0.2) is 0 Å². The van der Waals surface area contributed by atoms with Crippen molar-refractivity contribution in [3.63, 3.8) is 0 Å². The van der Waals surface area contributed by atoms with E-state index in [0.29, 0.717) is 5.92 Å². The van der Waals surface area contributed by atoms with Crippen LogP contribution in [0.15, 0.2) is 0 Å². The van der Waals surface area contributed by atoms with E-state index in [1.54, 1.807) is 0 Å². The van der Waals surface area contributed by atoms with Crippen LogP contribution in [0.3, 0.4) is 0 Å². The Morgan fingerprint density at radius 2 is 1.93 bits per heavy atom. The van der Waals surface area contributed by atoms with Crippen molar-refractivity contribution in [2.24, 2.45) is 18.7 Å². The van der Waals surface area contributed by atoms with Gasteiger partial charge in [0.2, 0.25) is 0 Å². The summed E-state index contributed by atoms with van der Waals surface area (Å²) in [5.74, 6) is 2.48. The van der Waals surface area contributed by atoms with Gasteiger partial charge in [0.15, 0.2) is 0 Å². The van der Waals surface area contributed by atoms with Crippen LogP contribution in [-0.2, 0) is 7.05 Å². The molecule has 1 aromatic heterocycles. The van der Waals surface area contributed by atoms with E-state index in [0.717, 1.165) is 11.6 Å². The number of hydrogen-bond acceptors (Lipinski definition) is 3. The van der Waals surface area contributed by atoms with E-state index < -0.39 is 0 Å². The maximum atomic E-state index is 6.26. The lowest BCUT2D eigenvalue weighted by Gasteiger charge is -2.26. The van der Waals surface area contributed by atoms with Gasteiger partial charge in [-0.05, 0) is 25.7 Å². The summed E-state index contributed by atoms with van der Waals surface area (Å²) in [5.41, 5.74) is 6.26. The second-order valence-electron chi connectivity index (χ2n) is 4.59. The highest BCUT2D eigenvalue weighted by Gasteiger charge is 2.25. The first-order valence-corrected chi connectivity index (χ1v) is 5.81. The topological polar surface area (TPSA) is 56.7 Å². The lowest BCUT2D eigenvalue weighted by molar-refractivity contribution is 0.297.